The van der Waals surface area contributed by atoms with Gasteiger partial charge >= 0.3 is 0 Å². The lowest BCUT2D eigenvalue weighted by molar-refractivity contribution is 0.607. The van der Waals surface area contributed by atoms with Crippen LogP contribution in [0, 0.1) is 0 Å². The Balaban J connectivity index is 1.67. The average molecular weight is 254 g/mol. The van der Waals surface area contributed by atoms with E-state index in [1.54, 1.807) is 17.1 Å². The van der Waals surface area contributed by atoms with Crippen LogP contribution in [0.4, 0.5) is 5.95 Å². The number of aromatic nitrogens is 5. The summed E-state index contributed by atoms with van der Waals surface area (Å²) < 4.78 is 3.80. The van der Waals surface area contributed by atoms with Crippen LogP contribution in [-0.2, 0) is 6.54 Å². The van der Waals surface area contributed by atoms with Gasteiger partial charge in [-0.2, -0.15) is 0 Å². The van der Waals surface area contributed by atoms with E-state index in [9.17, 15) is 0 Å². The molecule has 0 aliphatic heterocycles. The minimum Gasteiger partial charge on any atom is -0.353 e. The van der Waals surface area contributed by atoms with Crippen molar-refractivity contribution in [1.29, 1.82) is 0 Å². The maximum absolute atomic E-state index is 4.32. The Morgan fingerprint density at radius 1 is 1.05 bits per heavy atom. The lowest BCUT2D eigenvalue weighted by atomic mass is 10.3. The van der Waals surface area contributed by atoms with Gasteiger partial charge < -0.3 is 5.32 Å². The van der Waals surface area contributed by atoms with E-state index in [0.29, 0.717) is 0 Å². The Labute approximate surface area is 110 Å². The van der Waals surface area contributed by atoms with Crippen LogP contribution in [0.25, 0.3) is 5.69 Å². The fourth-order valence-electron chi connectivity index (χ4n) is 1.87. The highest BCUT2D eigenvalue weighted by Crippen LogP contribution is 2.13. The second-order valence-corrected chi connectivity index (χ2v) is 4.05. The van der Waals surface area contributed by atoms with Gasteiger partial charge in [0.1, 0.15) is 0 Å². The van der Waals surface area contributed by atoms with Gasteiger partial charge in [0.15, 0.2) is 0 Å². The van der Waals surface area contributed by atoms with Gasteiger partial charge in [-0.1, -0.05) is 23.4 Å². The van der Waals surface area contributed by atoms with Crippen molar-refractivity contribution >= 4 is 5.95 Å². The summed E-state index contributed by atoms with van der Waals surface area (Å²) in [6.45, 7) is 1.49. The predicted molar refractivity (Wildman–Crippen MR) is 72.1 cm³/mol. The summed E-state index contributed by atoms with van der Waals surface area (Å²) in [4.78, 5) is 4.32. The third-order valence-corrected chi connectivity index (χ3v) is 2.77. The molecule has 1 aromatic carbocycles. The zero-order valence-electron chi connectivity index (χ0n) is 10.3. The zero-order valence-corrected chi connectivity index (χ0v) is 10.3. The summed E-state index contributed by atoms with van der Waals surface area (Å²) in [6, 6.07) is 10.1. The zero-order chi connectivity index (χ0) is 12.9. The fourth-order valence-corrected chi connectivity index (χ4v) is 1.87. The van der Waals surface area contributed by atoms with E-state index in [1.165, 1.54) is 0 Å². The van der Waals surface area contributed by atoms with Gasteiger partial charge in [-0.15, -0.1) is 5.10 Å². The molecule has 3 aromatic rings. The molecule has 0 saturated carbocycles. The molecular formula is C13H14N6. The molecule has 0 saturated heterocycles. The van der Waals surface area contributed by atoms with Crippen LogP contribution < -0.4 is 5.32 Å². The quantitative estimate of drug-likeness (QED) is 0.751. The highest BCUT2D eigenvalue weighted by Gasteiger charge is 2.03. The molecule has 1 N–H and O–H groups in total. The van der Waals surface area contributed by atoms with E-state index in [1.807, 2.05) is 47.3 Å². The van der Waals surface area contributed by atoms with Gasteiger partial charge in [-0.05, 0) is 12.1 Å². The highest BCUT2D eigenvalue weighted by molar-refractivity contribution is 5.41. The van der Waals surface area contributed by atoms with Gasteiger partial charge in [0, 0.05) is 30.8 Å². The number of nitrogens with zero attached hydrogens (tertiary/aromatic N) is 5. The Morgan fingerprint density at radius 2 is 1.95 bits per heavy atom. The average Bonchev–Trinajstić information content (AvgIpc) is 3.11. The molecule has 19 heavy (non-hydrogen) atoms. The standard InChI is InChI=1S/C13H14N6/c1-2-4-12(5-3-1)19-11-7-15-13(19)14-6-9-18-10-8-16-17-18/h1-5,7-8,10-11H,6,9H2,(H,14,15). The van der Waals surface area contributed by atoms with Gasteiger partial charge in [0.2, 0.25) is 5.95 Å². The minimum atomic E-state index is 0.743. The van der Waals surface area contributed by atoms with Crippen molar-refractivity contribution in [3.63, 3.8) is 0 Å². The number of anilines is 1. The third-order valence-electron chi connectivity index (χ3n) is 2.77. The molecule has 3 rings (SSSR count). The number of nitrogens with one attached hydrogen (secondary N) is 1. The molecule has 0 amide bonds. The van der Waals surface area contributed by atoms with Gasteiger partial charge in [0.25, 0.3) is 0 Å². The molecule has 0 radical (unpaired) electrons. The van der Waals surface area contributed by atoms with Gasteiger partial charge in [-0.25, -0.2) is 4.98 Å². The molecule has 0 atom stereocenters. The van der Waals surface area contributed by atoms with E-state index < -0.39 is 0 Å². The molecule has 0 bridgehead atoms. The Bertz CT molecular complexity index is 614. The molecule has 2 aromatic heterocycles. The fraction of sp³-hybridized carbons (Fsp3) is 0.154. The van der Waals surface area contributed by atoms with Crippen LogP contribution >= 0.6 is 0 Å². The van der Waals surface area contributed by atoms with Crippen molar-refractivity contribution in [3.8, 4) is 5.69 Å². The molecule has 2 heterocycles. The SMILES string of the molecule is c1ccc(-n2ccnc2NCCn2ccnn2)cc1. The van der Waals surface area contributed by atoms with Crippen LogP contribution in [0.5, 0.6) is 0 Å². The molecule has 0 fully saturated rings. The van der Waals surface area contributed by atoms with E-state index in [4.69, 9.17) is 0 Å². The van der Waals surface area contributed by atoms with Crippen molar-refractivity contribution < 1.29 is 0 Å². The summed E-state index contributed by atoms with van der Waals surface area (Å²) in [5.41, 5.74) is 1.09. The minimum absolute atomic E-state index is 0.743. The first-order chi connectivity index (χ1) is 9.43. The van der Waals surface area contributed by atoms with Crippen molar-refractivity contribution in [2.24, 2.45) is 0 Å². The third kappa shape index (κ3) is 2.62. The summed E-state index contributed by atoms with van der Waals surface area (Å²) in [5.74, 6) is 0.825. The second-order valence-electron chi connectivity index (χ2n) is 4.05. The molecule has 0 spiro atoms. The first-order valence-corrected chi connectivity index (χ1v) is 6.10. The molecule has 0 unspecified atom stereocenters. The van der Waals surface area contributed by atoms with Crippen molar-refractivity contribution in [1.82, 2.24) is 24.5 Å². The predicted octanol–water partition coefficient (Wildman–Crippen LogP) is 1.58. The number of imidazole rings is 1. The van der Waals surface area contributed by atoms with Crippen molar-refractivity contribution in [3.05, 3.63) is 55.1 Å². The summed E-state index contributed by atoms with van der Waals surface area (Å²) in [5, 5.41) is 11.0. The molecular weight excluding hydrogens is 240 g/mol. The highest BCUT2D eigenvalue weighted by atomic mass is 15.4. The molecule has 6 nitrogen and oxygen atoms in total. The number of hydrogen-bond acceptors (Lipinski definition) is 4. The lowest BCUT2D eigenvalue weighted by Crippen LogP contribution is -2.13. The van der Waals surface area contributed by atoms with Crippen LogP contribution in [-0.4, -0.2) is 31.1 Å². The Kier molecular flexibility index (Phi) is 3.22. The van der Waals surface area contributed by atoms with Gasteiger partial charge in [-0.3, -0.25) is 9.25 Å². The first-order valence-electron chi connectivity index (χ1n) is 6.10. The summed E-state index contributed by atoms with van der Waals surface area (Å²) in [7, 11) is 0. The Hall–Kier alpha value is -2.63. The van der Waals surface area contributed by atoms with Crippen molar-refractivity contribution in [2.75, 3.05) is 11.9 Å². The van der Waals surface area contributed by atoms with E-state index in [-0.39, 0.29) is 0 Å². The van der Waals surface area contributed by atoms with E-state index in [2.05, 4.69) is 20.6 Å². The number of hydrogen-bond donors (Lipinski definition) is 1. The van der Waals surface area contributed by atoms with Crippen LogP contribution in [0.2, 0.25) is 0 Å². The molecule has 6 heteroatoms. The smallest absolute Gasteiger partial charge is 0.207 e. The van der Waals surface area contributed by atoms with Crippen LogP contribution in [0.1, 0.15) is 0 Å². The molecule has 0 aliphatic carbocycles. The Morgan fingerprint density at radius 3 is 2.74 bits per heavy atom. The summed E-state index contributed by atoms with van der Waals surface area (Å²) >= 11 is 0. The number of para-hydroxylation sites is 1. The van der Waals surface area contributed by atoms with E-state index in [0.717, 1.165) is 24.7 Å². The number of rotatable bonds is 5. The lowest BCUT2D eigenvalue weighted by Gasteiger charge is -2.09. The van der Waals surface area contributed by atoms with Gasteiger partial charge in [0.05, 0.1) is 12.7 Å². The largest absolute Gasteiger partial charge is 0.353 e. The maximum atomic E-state index is 4.32. The van der Waals surface area contributed by atoms with E-state index >= 15 is 0 Å². The first kappa shape index (κ1) is 11.5. The normalized spacial score (nSPS) is 10.5. The maximum Gasteiger partial charge on any atom is 0.207 e. The van der Waals surface area contributed by atoms with Crippen LogP contribution in [0.15, 0.2) is 55.1 Å². The molecule has 0 aliphatic rings. The second kappa shape index (κ2) is 5.34. The van der Waals surface area contributed by atoms with Crippen LogP contribution in [0.3, 0.4) is 0 Å². The topological polar surface area (TPSA) is 60.6 Å². The number of benzene rings is 1. The molecule has 96 valence electrons. The summed E-state index contributed by atoms with van der Waals surface area (Å²) in [6.07, 6.45) is 7.23. The van der Waals surface area contributed by atoms with Crippen molar-refractivity contribution in [2.45, 2.75) is 6.54 Å². The monoisotopic (exact) mass is 254 g/mol.